The third-order valence-electron chi connectivity index (χ3n) is 4.05. The molecule has 1 atom stereocenters. The number of carbonyl (C=O) groups excluding carboxylic acids is 1. The van der Waals surface area contributed by atoms with Crippen molar-refractivity contribution in [1.82, 2.24) is 4.90 Å². The van der Waals surface area contributed by atoms with E-state index in [0.717, 1.165) is 31.7 Å². The maximum absolute atomic E-state index is 12.3. The van der Waals surface area contributed by atoms with Crippen LogP contribution >= 0.6 is 0 Å². The van der Waals surface area contributed by atoms with Crippen LogP contribution in [0.1, 0.15) is 52.5 Å². The third-order valence-corrected chi connectivity index (χ3v) is 4.05. The number of hydrogen-bond donors (Lipinski definition) is 0. The largest absolute Gasteiger partial charge is 0.481 e. The number of piperidine rings is 1. The van der Waals surface area contributed by atoms with Crippen molar-refractivity contribution in [3.05, 3.63) is 29.8 Å². The highest BCUT2D eigenvalue weighted by molar-refractivity contribution is 5.81. The van der Waals surface area contributed by atoms with Gasteiger partial charge in [-0.25, -0.2) is 0 Å². The van der Waals surface area contributed by atoms with Gasteiger partial charge in [-0.05, 0) is 49.3 Å². The first kappa shape index (κ1) is 15.9. The lowest BCUT2D eigenvalue weighted by Crippen LogP contribution is -2.43. The molecular weight excluding hydrogens is 262 g/mol. The van der Waals surface area contributed by atoms with Crippen LogP contribution in [-0.2, 0) is 10.2 Å². The summed E-state index contributed by atoms with van der Waals surface area (Å²) in [6, 6.07) is 8.07. The Morgan fingerprint density at radius 1 is 1.10 bits per heavy atom. The Hall–Kier alpha value is -1.51. The quantitative estimate of drug-likeness (QED) is 0.848. The molecule has 1 aliphatic heterocycles. The molecule has 1 aromatic carbocycles. The molecule has 0 bridgehead atoms. The summed E-state index contributed by atoms with van der Waals surface area (Å²) in [6.45, 7) is 10.1. The molecule has 1 fully saturated rings. The van der Waals surface area contributed by atoms with Gasteiger partial charge in [0.2, 0.25) is 0 Å². The molecule has 3 heteroatoms. The van der Waals surface area contributed by atoms with Crippen LogP contribution in [0.5, 0.6) is 5.75 Å². The minimum absolute atomic E-state index is 0.106. The van der Waals surface area contributed by atoms with Crippen LogP contribution in [0.25, 0.3) is 0 Å². The number of hydrogen-bond acceptors (Lipinski definition) is 2. The molecular formula is C18H27NO2. The first-order valence-electron chi connectivity index (χ1n) is 7.94. The predicted octanol–water partition coefficient (Wildman–Crippen LogP) is 3.76. The van der Waals surface area contributed by atoms with Crippen molar-refractivity contribution in [2.75, 3.05) is 13.1 Å². The molecule has 1 aromatic rings. The molecule has 21 heavy (non-hydrogen) atoms. The van der Waals surface area contributed by atoms with Crippen molar-refractivity contribution in [2.24, 2.45) is 0 Å². The van der Waals surface area contributed by atoms with E-state index in [2.05, 4.69) is 32.9 Å². The average Bonchev–Trinajstić information content (AvgIpc) is 2.47. The van der Waals surface area contributed by atoms with E-state index < -0.39 is 6.10 Å². The second-order valence-electron chi connectivity index (χ2n) is 6.92. The summed E-state index contributed by atoms with van der Waals surface area (Å²) in [5, 5.41) is 0. The van der Waals surface area contributed by atoms with Crippen molar-refractivity contribution in [2.45, 2.75) is 58.5 Å². The molecule has 1 amide bonds. The van der Waals surface area contributed by atoms with Crippen LogP contribution in [0.3, 0.4) is 0 Å². The van der Waals surface area contributed by atoms with E-state index >= 15 is 0 Å². The van der Waals surface area contributed by atoms with Gasteiger partial charge in [0.25, 0.3) is 5.91 Å². The van der Waals surface area contributed by atoms with Gasteiger partial charge < -0.3 is 9.64 Å². The summed E-state index contributed by atoms with van der Waals surface area (Å²) >= 11 is 0. The van der Waals surface area contributed by atoms with Gasteiger partial charge in [0.05, 0.1) is 0 Å². The number of amides is 1. The fourth-order valence-corrected chi connectivity index (χ4v) is 2.66. The van der Waals surface area contributed by atoms with Crippen molar-refractivity contribution < 1.29 is 9.53 Å². The molecule has 3 nitrogen and oxygen atoms in total. The normalized spacial score (nSPS) is 17.4. The van der Waals surface area contributed by atoms with Crippen LogP contribution in [0.4, 0.5) is 0 Å². The molecule has 0 radical (unpaired) electrons. The molecule has 0 aliphatic carbocycles. The van der Waals surface area contributed by atoms with E-state index in [0.29, 0.717) is 0 Å². The molecule has 0 aromatic heterocycles. The fraction of sp³-hybridized carbons (Fsp3) is 0.611. The summed E-state index contributed by atoms with van der Waals surface area (Å²) in [5.41, 5.74) is 1.40. The van der Waals surface area contributed by atoms with Crippen LogP contribution in [0.2, 0.25) is 0 Å². The van der Waals surface area contributed by atoms with E-state index in [-0.39, 0.29) is 11.3 Å². The van der Waals surface area contributed by atoms with Crippen LogP contribution < -0.4 is 4.74 Å². The Labute approximate surface area is 128 Å². The molecule has 1 heterocycles. The average molecular weight is 289 g/mol. The lowest BCUT2D eigenvalue weighted by atomic mass is 9.87. The Morgan fingerprint density at radius 3 is 2.19 bits per heavy atom. The monoisotopic (exact) mass is 289 g/mol. The van der Waals surface area contributed by atoms with Gasteiger partial charge in [0.15, 0.2) is 6.10 Å². The maximum atomic E-state index is 12.3. The SMILES string of the molecule is CC(Oc1ccc(C(C)(C)C)cc1)C(=O)N1CCCCC1. The molecule has 0 N–H and O–H groups in total. The summed E-state index contributed by atoms with van der Waals surface area (Å²) < 4.78 is 5.81. The van der Waals surface area contributed by atoms with Crippen LogP contribution in [0.15, 0.2) is 24.3 Å². The summed E-state index contributed by atoms with van der Waals surface area (Å²) in [5.74, 6) is 0.871. The number of carbonyl (C=O) groups is 1. The molecule has 0 spiro atoms. The zero-order valence-electron chi connectivity index (χ0n) is 13.7. The van der Waals surface area contributed by atoms with E-state index in [1.54, 1.807) is 0 Å². The lowest BCUT2D eigenvalue weighted by Gasteiger charge is -2.29. The van der Waals surface area contributed by atoms with Crippen molar-refractivity contribution in [3.63, 3.8) is 0 Å². The molecule has 1 saturated heterocycles. The summed E-state index contributed by atoms with van der Waals surface area (Å²) in [7, 11) is 0. The van der Waals surface area contributed by atoms with Gasteiger partial charge in [0, 0.05) is 13.1 Å². The minimum Gasteiger partial charge on any atom is -0.481 e. The van der Waals surface area contributed by atoms with E-state index in [1.807, 2.05) is 24.0 Å². The van der Waals surface area contributed by atoms with Gasteiger partial charge in [-0.3, -0.25) is 4.79 Å². The van der Waals surface area contributed by atoms with Gasteiger partial charge >= 0.3 is 0 Å². The topological polar surface area (TPSA) is 29.5 Å². The maximum Gasteiger partial charge on any atom is 0.263 e. The zero-order chi connectivity index (χ0) is 15.5. The Kier molecular flexibility index (Phi) is 4.92. The number of nitrogens with zero attached hydrogens (tertiary/aromatic N) is 1. The van der Waals surface area contributed by atoms with E-state index in [1.165, 1.54) is 12.0 Å². The molecule has 0 saturated carbocycles. The van der Waals surface area contributed by atoms with Crippen molar-refractivity contribution in [1.29, 1.82) is 0 Å². The second-order valence-corrected chi connectivity index (χ2v) is 6.92. The Balaban J connectivity index is 1.95. The number of likely N-dealkylation sites (tertiary alicyclic amines) is 1. The van der Waals surface area contributed by atoms with Gasteiger partial charge in [-0.15, -0.1) is 0 Å². The zero-order valence-corrected chi connectivity index (χ0v) is 13.7. The second kappa shape index (κ2) is 6.50. The van der Waals surface area contributed by atoms with Crippen molar-refractivity contribution in [3.8, 4) is 5.75 Å². The van der Waals surface area contributed by atoms with Crippen molar-refractivity contribution >= 4 is 5.91 Å². The minimum atomic E-state index is -0.413. The molecule has 116 valence electrons. The van der Waals surface area contributed by atoms with Gasteiger partial charge in [0.1, 0.15) is 5.75 Å². The van der Waals surface area contributed by atoms with Gasteiger partial charge in [-0.2, -0.15) is 0 Å². The number of ether oxygens (including phenoxy) is 1. The third kappa shape index (κ3) is 4.23. The van der Waals surface area contributed by atoms with Crippen LogP contribution in [-0.4, -0.2) is 30.0 Å². The number of benzene rings is 1. The Bertz CT molecular complexity index is 467. The summed E-state index contributed by atoms with van der Waals surface area (Å²) in [4.78, 5) is 14.3. The highest BCUT2D eigenvalue weighted by atomic mass is 16.5. The highest BCUT2D eigenvalue weighted by Crippen LogP contribution is 2.25. The number of rotatable bonds is 3. The molecule has 1 aliphatic rings. The first-order chi connectivity index (χ1) is 9.88. The van der Waals surface area contributed by atoms with Gasteiger partial charge in [-0.1, -0.05) is 32.9 Å². The first-order valence-corrected chi connectivity index (χ1v) is 7.94. The highest BCUT2D eigenvalue weighted by Gasteiger charge is 2.23. The summed E-state index contributed by atoms with van der Waals surface area (Å²) in [6.07, 6.45) is 3.04. The molecule has 2 rings (SSSR count). The fourth-order valence-electron chi connectivity index (χ4n) is 2.66. The smallest absolute Gasteiger partial charge is 0.263 e. The predicted molar refractivity (Wildman–Crippen MR) is 85.7 cm³/mol. The van der Waals surface area contributed by atoms with E-state index in [9.17, 15) is 4.79 Å². The standard InChI is InChI=1S/C18H27NO2/c1-14(17(20)19-12-6-5-7-13-19)21-16-10-8-15(9-11-16)18(2,3)4/h8-11,14H,5-7,12-13H2,1-4H3. The Morgan fingerprint density at radius 2 is 1.67 bits per heavy atom. The lowest BCUT2D eigenvalue weighted by molar-refractivity contribution is -0.138. The van der Waals surface area contributed by atoms with Crippen LogP contribution in [0, 0.1) is 0 Å². The molecule has 1 unspecified atom stereocenters. The van der Waals surface area contributed by atoms with E-state index in [4.69, 9.17) is 4.74 Å².